The number of nitro benzene ring substituents is 1. The molecule has 0 unspecified atom stereocenters. The van der Waals surface area contributed by atoms with Gasteiger partial charge in [0.05, 0.1) is 26.8 Å². The van der Waals surface area contributed by atoms with Crippen LogP contribution >= 0.6 is 11.3 Å². The van der Waals surface area contributed by atoms with E-state index >= 15 is 0 Å². The van der Waals surface area contributed by atoms with E-state index in [4.69, 9.17) is 0 Å². The highest BCUT2D eigenvalue weighted by atomic mass is 32.1. The highest BCUT2D eigenvalue weighted by molar-refractivity contribution is 7.22. The molecule has 10 heteroatoms. The zero-order valence-electron chi connectivity index (χ0n) is 18.1. The zero-order chi connectivity index (χ0) is 24.9. The summed E-state index contributed by atoms with van der Waals surface area (Å²) in [4.78, 5) is 43.0. The molecule has 35 heavy (non-hydrogen) atoms. The van der Waals surface area contributed by atoms with Gasteiger partial charge in [-0.2, -0.15) is 0 Å². The minimum atomic E-state index is -1.18. The maximum absolute atomic E-state index is 13.4. The number of rotatable bonds is 4. The van der Waals surface area contributed by atoms with Gasteiger partial charge in [-0.1, -0.05) is 29.5 Å². The van der Waals surface area contributed by atoms with Crippen LogP contribution in [0.15, 0.2) is 72.3 Å². The van der Waals surface area contributed by atoms with Crippen molar-refractivity contribution in [3.63, 3.8) is 0 Å². The summed E-state index contributed by atoms with van der Waals surface area (Å²) in [5, 5.41) is 22.7. The molecule has 0 spiro atoms. The van der Waals surface area contributed by atoms with Crippen LogP contribution in [0, 0.1) is 22.9 Å². The number of carbonyl (C=O) groups excluding carboxylic acids is 2. The van der Waals surface area contributed by atoms with Gasteiger partial charge in [0, 0.05) is 17.7 Å². The first kappa shape index (κ1) is 22.4. The maximum atomic E-state index is 13.4. The summed E-state index contributed by atoms with van der Waals surface area (Å²) in [6.07, 6.45) is 0. The summed E-state index contributed by atoms with van der Waals surface area (Å²) >= 11 is 1.19. The third-order valence-electron chi connectivity index (χ3n) is 5.70. The molecule has 1 atom stereocenters. The third-order valence-corrected chi connectivity index (χ3v) is 6.72. The quantitative estimate of drug-likeness (QED) is 0.137. The van der Waals surface area contributed by atoms with Crippen LogP contribution in [0.4, 0.5) is 15.2 Å². The molecule has 174 valence electrons. The second kappa shape index (κ2) is 8.41. The molecule has 0 bridgehead atoms. The summed E-state index contributed by atoms with van der Waals surface area (Å²) in [6.45, 7) is 1.91. The lowest BCUT2D eigenvalue weighted by Crippen LogP contribution is -2.29. The highest BCUT2D eigenvalue weighted by Gasteiger charge is 2.48. The molecule has 0 radical (unpaired) electrons. The number of nitro groups is 1. The topological polar surface area (TPSA) is 114 Å². The Bertz CT molecular complexity index is 1560. The Kier molecular flexibility index (Phi) is 5.37. The number of aryl methyl sites for hydroxylation is 1. The number of benzene rings is 3. The number of aliphatic hydroxyl groups excluding tert-OH is 1. The average molecular weight is 489 g/mol. The van der Waals surface area contributed by atoms with E-state index in [1.54, 1.807) is 6.07 Å². The van der Waals surface area contributed by atoms with Gasteiger partial charge in [-0.3, -0.25) is 24.6 Å². The average Bonchev–Trinajstić information content (AvgIpc) is 3.37. The first-order chi connectivity index (χ1) is 16.7. The predicted molar refractivity (Wildman–Crippen MR) is 129 cm³/mol. The lowest BCUT2D eigenvalue weighted by atomic mass is 9.95. The van der Waals surface area contributed by atoms with E-state index in [0.717, 1.165) is 27.3 Å². The number of carbonyl (C=O) groups is 2. The molecule has 4 aromatic rings. The van der Waals surface area contributed by atoms with Gasteiger partial charge >= 0.3 is 5.91 Å². The largest absolute Gasteiger partial charge is 0.507 e. The second-order valence-corrected chi connectivity index (χ2v) is 9.00. The molecule has 1 amide bonds. The number of thiazole rings is 1. The van der Waals surface area contributed by atoms with Gasteiger partial charge in [-0.15, -0.1) is 0 Å². The smallest absolute Gasteiger partial charge is 0.301 e. The molecule has 1 aliphatic heterocycles. The number of aromatic nitrogens is 1. The number of non-ortho nitro benzene ring substituents is 1. The van der Waals surface area contributed by atoms with E-state index < -0.39 is 34.2 Å². The molecule has 3 aromatic carbocycles. The molecular formula is C25H16FN3O5S. The van der Waals surface area contributed by atoms with Crippen molar-refractivity contribution < 1.29 is 24.0 Å². The van der Waals surface area contributed by atoms with E-state index in [-0.39, 0.29) is 27.5 Å². The summed E-state index contributed by atoms with van der Waals surface area (Å²) in [5.74, 6) is -2.96. The molecule has 1 saturated heterocycles. The fraction of sp³-hybridized carbons (Fsp3) is 0.0800. The predicted octanol–water partition coefficient (Wildman–Crippen LogP) is 5.28. The highest BCUT2D eigenvalue weighted by Crippen LogP contribution is 2.44. The standard InChI is InChI=1S/C25H16FN3O5S/c1-13-5-10-18-19(11-13)35-25(27-18)28-21(15-3-2-4-17(12-15)29(33)34)20(23(31)24(28)32)22(30)14-6-8-16(26)9-7-14/h2-12,21,30H,1H3/t21-/m1/s1. The van der Waals surface area contributed by atoms with E-state index in [0.29, 0.717) is 5.52 Å². The van der Waals surface area contributed by atoms with Crippen molar-refractivity contribution in [2.24, 2.45) is 0 Å². The number of halogens is 1. The van der Waals surface area contributed by atoms with Crippen LogP contribution in [0.2, 0.25) is 0 Å². The van der Waals surface area contributed by atoms with E-state index in [1.807, 2.05) is 19.1 Å². The number of hydrogen-bond acceptors (Lipinski definition) is 7. The van der Waals surface area contributed by atoms with Gasteiger partial charge in [0.15, 0.2) is 5.13 Å². The van der Waals surface area contributed by atoms with E-state index in [2.05, 4.69) is 4.98 Å². The Balaban J connectivity index is 1.75. The normalized spacial score (nSPS) is 17.3. The zero-order valence-corrected chi connectivity index (χ0v) is 19.0. The molecule has 1 aromatic heterocycles. The molecule has 8 nitrogen and oxygen atoms in total. The first-order valence-corrected chi connectivity index (χ1v) is 11.2. The van der Waals surface area contributed by atoms with E-state index in [1.165, 1.54) is 47.7 Å². The van der Waals surface area contributed by atoms with Gasteiger partial charge < -0.3 is 5.11 Å². The molecule has 0 saturated carbocycles. The molecule has 5 rings (SSSR count). The molecule has 2 heterocycles. The number of ketones is 1. The van der Waals surface area contributed by atoms with Crippen LogP contribution < -0.4 is 4.90 Å². The number of Topliss-reactive ketones (excluding diaryl/α,β-unsaturated/α-hetero) is 1. The number of nitrogens with zero attached hydrogens (tertiary/aromatic N) is 3. The monoisotopic (exact) mass is 489 g/mol. The first-order valence-electron chi connectivity index (χ1n) is 10.4. The van der Waals surface area contributed by atoms with Crippen LogP contribution in [0.25, 0.3) is 16.0 Å². The minimum absolute atomic E-state index is 0.125. The van der Waals surface area contributed by atoms with Crippen molar-refractivity contribution in [3.05, 3.63) is 105 Å². The van der Waals surface area contributed by atoms with Crippen LogP contribution in [0.3, 0.4) is 0 Å². The number of aliphatic hydroxyl groups is 1. The molecule has 1 N–H and O–H groups in total. The molecular weight excluding hydrogens is 473 g/mol. The van der Waals surface area contributed by atoms with Crippen molar-refractivity contribution in [2.75, 3.05) is 4.90 Å². The van der Waals surface area contributed by atoms with Crippen molar-refractivity contribution in [2.45, 2.75) is 13.0 Å². The van der Waals surface area contributed by atoms with Crippen molar-refractivity contribution in [1.29, 1.82) is 0 Å². The minimum Gasteiger partial charge on any atom is -0.507 e. The van der Waals surface area contributed by atoms with Crippen molar-refractivity contribution in [3.8, 4) is 0 Å². The number of hydrogen-bond donors (Lipinski definition) is 1. The summed E-state index contributed by atoms with van der Waals surface area (Å²) in [5.41, 5.74) is 1.47. The Morgan fingerprint density at radius 3 is 2.57 bits per heavy atom. The van der Waals surface area contributed by atoms with Gasteiger partial charge in [-0.25, -0.2) is 9.37 Å². The Labute approximate surface area is 201 Å². The van der Waals surface area contributed by atoms with Gasteiger partial charge in [0.1, 0.15) is 11.6 Å². The number of fused-ring (bicyclic) bond motifs is 1. The third kappa shape index (κ3) is 3.83. The van der Waals surface area contributed by atoms with Crippen molar-refractivity contribution in [1.82, 2.24) is 4.98 Å². The lowest BCUT2D eigenvalue weighted by molar-refractivity contribution is -0.384. The SMILES string of the molecule is Cc1ccc2nc(N3C(=O)C(=O)C(=C(O)c4ccc(F)cc4)[C@H]3c3cccc([N+](=O)[O-])c3)sc2c1. The summed E-state index contributed by atoms with van der Waals surface area (Å²) in [7, 11) is 0. The summed E-state index contributed by atoms with van der Waals surface area (Å²) < 4.78 is 14.2. The Morgan fingerprint density at radius 2 is 1.86 bits per heavy atom. The number of amides is 1. The van der Waals surface area contributed by atoms with Crippen LogP contribution in [0.5, 0.6) is 0 Å². The fourth-order valence-electron chi connectivity index (χ4n) is 4.04. The molecule has 1 fully saturated rings. The molecule has 1 aliphatic rings. The second-order valence-electron chi connectivity index (χ2n) is 8.00. The van der Waals surface area contributed by atoms with Gasteiger partial charge in [0.2, 0.25) is 0 Å². The lowest BCUT2D eigenvalue weighted by Gasteiger charge is -2.22. The Hall–Kier alpha value is -4.44. The number of anilines is 1. The Morgan fingerprint density at radius 1 is 1.11 bits per heavy atom. The van der Waals surface area contributed by atoms with E-state index in [9.17, 15) is 29.2 Å². The van der Waals surface area contributed by atoms with Crippen LogP contribution in [-0.4, -0.2) is 26.7 Å². The van der Waals surface area contributed by atoms with Crippen molar-refractivity contribution >= 4 is 49.8 Å². The van der Waals surface area contributed by atoms with Gasteiger partial charge in [-0.05, 0) is 54.4 Å². The van der Waals surface area contributed by atoms with Gasteiger partial charge in [0.25, 0.3) is 11.5 Å². The fourth-order valence-corrected chi connectivity index (χ4v) is 5.13. The maximum Gasteiger partial charge on any atom is 0.301 e. The van der Waals surface area contributed by atoms with Crippen LogP contribution in [0.1, 0.15) is 22.7 Å². The molecule has 0 aliphatic carbocycles. The summed E-state index contributed by atoms with van der Waals surface area (Å²) in [6, 6.07) is 14.7. The van der Waals surface area contributed by atoms with Crippen LogP contribution in [-0.2, 0) is 9.59 Å².